The van der Waals surface area contributed by atoms with Crippen molar-refractivity contribution in [3.05, 3.63) is 34.3 Å². The van der Waals surface area contributed by atoms with Crippen LogP contribution in [0.4, 0.5) is 13.2 Å². The number of aliphatic hydroxyl groups is 1. The van der Waals surface area contributed by atoms with Crippen molar-refractivity contribution >= 4 is 17.5 Å². The molecule has 1 aliphatic rings. The van der Waals surface area contributed by atoms with Crippen LogP contribution >= 0.6 is 11.6 Å². The number of methoxy groups -OCH3 is 1. The molecule has 1 aromatic carbocycles. The molecule has 1 amide bonds. The molecule has 1 heterocycles. The maximum absolute atomic E-state index is 12.8. The third-order valence-corrected chi connectivity index (χ3v) is 3.87. The van der Waals surface area contributed by atoms with Crippen LogP contribution in [0.25, 0.3) is 0 Å². The van der Waals surface area contributed by atoms with Gasteiger partial charge in [0.15, 0.2) is 0 Å². The van der Waals surface area contributed by atoms with Crippen molar-refractivity contribution in [1.82, 2.24) is 4.90 Å². The van der Waals surface area contributed by atoms with E-state index < -0.39 is 23.7 Å². The van der Waals surface area contributed by atoms with Crippen LogP contribution in [0, 0.1) is 0 Å². The van der Waals surface area contributed by atoms with Crippen molar-refractivity contribution in [3.63, 3.8) is 0 Å². The molecular weight excluding hydrogens is 323 g/mol. The summed E-state index contributed by atoms with van der Waals surface area (Å²) in [5.74, 6) is -0.605. The Labute approximate surface area is 130 Å². The molecule has 0 saturated carbocycles. The molecule has 8 heteroatoms. The van der Waals surface area contributed by atoms with E-state index in [1.807, 2.05) is 0 Å². The number of amides is 1. The van der Waals surface area contributed by atoms with Gasteiger partial charge in [0.25, 0.3) is 5.91 Å². The maximum Gasteiger partial charge on any atom is 0.416 e. The third kappa shape index (κ3) is 3.53. The lowest BCUT2D eigenvalue weighted by Crippen LogP contribution is -2.38. The van der Waals surface area contributed by atoms with Gasteiger partial charge in [-0.3, -0.25) is 4.79 Å². The highest BCUT2D eigenvalue weighted by Crippen LogP contribution is 2.33. The number of hydrogen-bond donors (Lipinski definition) is 1. The Kier molecular flexibility index (Phi) is 4.99. The number of alkyl halides is 3. The summed E-state index contributed by atoms with van der Waals surface area (Å²) in [5, 5.41) is 9.16. The third-order valence-electron chi connectivity index (χ3n) is 3.65. The van der Waals surface area contributed by atoms with E-state index in [0.29, 0.717) is 6.42 Å². The Balaban J connectivity index is 2.31. The summed E-state index contributed by atoms with van der Waals surface area (Å²) in [6.45, 7) is -0.0628. The number of rotatable bonds is 3. The lowest BCUT2D eigenvalue weighted by atomic mass is 10.1. The predicted molar refractivity (Wildman–Crippen MR) is 73.8 cm³/mol. The van der Waals surface area contributed by atoms with Crippen LogP contribution in [0.1, 0.15) is 22.3 Å². The molecule has 1 aliphatic heterocycles. The normalized spacial score (nSPS) is 22.2. The minimum atomic E-state index is -4.59. The van der Waals surface area contributed by atoms with Gasteiger partial charge in [-0.25, -0.2) is 0 Å². The van der Waals surface area contributed by atoms with E-state index >= 15 is 0 Å². The fourth-order valence-electron chi connectivity index (χ4n) is 2.51. The van der Waals surface area contributed by atoms with Crippen molar-refractivity contribution in [3.8, 4) is 0 Å². The molecule has 22 heavy (non-hydrogen) atoms. The summed E-state index contributed by atoms with van der Waals surface area (Å²) in [5.41, 5.74) is -1.14. The molecule has 0 radical (unpaired) electrons. The zero-order chi connectivity index (χ0) is 16.5. The highest BCUT2D eigenvalue weighted by Gasteiger charge is 2.37. The second kappa shape index (κ2) is 6.44. The number of aliphatic hydroxyl groups excluding tert-OH is 1. The zero-order valence-electron chi connectivity index (χ0n) is 11.7. The number of ether oxygens (including phenoxy) is 1. The number of halogens is 4. The molecule has 0 unspecified atom stereocenters. The molecule has 1 saturated heterocycles. The number of carbonyl (C=O) groups is 1. The van der Waals surface area contributed by atoms with Gasteiger partial charge in [-0.05, 0) is 24.6 Å². The summed E-state index contributed by atoms with van der Waals surface area (Å²) < 4.78 is 43.6. The molecule has 4 nitrogen and oxygen atoms in total. The molecule has 0 aliphatic carbocycles. The van der Waals surface area contributed by atoms with Gasteiger partial charge in [0.2, 0.25) is 0 Å². The van der Waals surface area contributed by atoms with Gasteiger partial charge in [-0.15, -0.1) is 0 Å². The van der Waals surface area contributed by atoms with Gasteiger partial charge < -0.3 is 14.7 Å². The quantitative estimate of drug-likeness (QED) is 0.922. The minimum absolute atomic E-state index is 0.157. The van der Waals surface area contributed by atoms with Crippen LogP contribution in [-0.2, 0) is 10.9 Å². The number of carbonyl (C=O) groups excluding carboxylic acids is 1. The van der Waals surface area contributed by atoms with E-state index in [0.717, 1.165) is 12.1 Å². The summed E-state index contributed by atoms with van der Waals surface area (Å²) in [4.78, 5) is 13.8. The van der Waals surface area contributed by atoms with E-state index in [9.17, 15) is 23.1 Å². The highest BCUT2D eigenvalue weighted by atomic mass is 35.5. The van der Waals surface area contributed by atoms with Crippen molar-refractivity contribution < 1.29 is 27.8 Å². The zero-order valence-corrected chi connectivity index (χ0v) is 12.5. The van der Waals surface area contributed by atoms with Crippen LogP contribution in [0.2, 0.25) is 5.02 Å². The predicted octanol–water partition coefficient (Wildman–Crippen LogP) is 2.58. The standard InChI is InChI=1S/C14H15ClF3NO3/c1-22-12-5-11(7-20)19(6-12)13(21)8-2-9(14(16,17)18)4-10(15)3-8/h2-4,11-12,20H,5-7H2,1H3/t11-,12+/m0/s1. The topological polar surface area (TPSA) is 49.8 Å². The minimum Gasteiger partial charge on any atom is -0.394 e. The first-order chi connectivity index (χ1) is 10.3. The molecule has 2 rings (SSSR count). The fourth-order valence-corrected chi connectivity index (χ4v) is 2.74. The first-order valence-corrected chi connectivity index (χ1v) is 6.96. The molecule has 0 spiro atoms. The maximum atomic E-state index is 12.8. The fraction of sp³-hybridized carbons (Fsp3) is 0.500. The molecule has 0 bridgehead atoms. The van der Waals surface area contributed by atoms with E-state index in [2.05, 4.69) is 0 Å². The smallest absolute Gasteiger partial charge is 0.394 e. The molecule has 0 aromatic heterocycles. The van der Waals surface area contributed by atoms with E-state index in [-0.39, 0.29) is 29.8 Å². The van der Waals surface area contributed by atoms with Crippen LogP contribution in [0.3, 0.4) is 0 Å². The van der Waals surface area contributed by atoms with Crippen molar-refractivity contribution in [1.29, 1.82) is 0 Å². The summed E-state index contributed by atoms with van der Waals surface area (Å²) in [6.07, 6.45) is -4.40. The molecule has 2 atom stereocenters. The average Bonchev–Trinajstić information content (AvgIpc) is 2.88. The SMILES string of the molecule is CO[C@@H]1C[C@@H](CO)N(C(=O)c2cc(Cl)cc(C(F)(F)F)c2)C1. The molecule has 1 aromatic rings. The Morgan fingerprint density at radius 2 is 2.14 bits per heavy atom. The van der Waals surface area contributed by atoms with Gasteiger partial charge in [0.1, 0.15) is 0 Å². The number of benzene rings is 1. The first kappa shape index (κ1) is 17.1. The monoisotopic (exact) mass is 337 g/mol. The lowest BCUT2D eigenvalue weighted by molar-refractivity contribution is -0.137. The van der Waals surface area contributed by atoms with E-state index in [4.69, 9.17) is 16.3 Å². The number of hydrogen-bond acceptors (Lipinski definition) is 3. The molecular formula is C14H15ClF3NO3. The Bertz CT molecular complexity index is 565. The molecule has 1 N–H and O–H groups in total. The van der Waals surface area contributed by atoms with Crippen molar-refractivity contribution in [2.45, 2.75) is 24.7 Å². The first-order valence-electron chi connectivity index (χ1n) is 6.58. The van der Waals surface area contributed by atoms with Gasteiger partial charge in [-0.2, -0.15) is 13.2 Å². The number of likely N-dealkylation sites (tertiary alicyclic amines) is 1. The van der Waals surface area contributed by atoms with E-state index in [1.54, 1.807) is 0 Å². The Morgan fingerprint density at radius 3 is 2.68 bits per heavy atom. The summed E-state index contributed by atoms with van der Waals surface area (Å²) in [6, 6.07) is 2.24. The van der Waals surface area contributed by atoms with Gasteiger partial charge in [-0.1, -0.05) is 11.6 Å². The highest BCUT2D eigenvalue weighted by molar-refractivity contribution is 6.31. The average molecular weight is 338 g/mol. The van der Waals surface area contributed by atoms with E-state index in [1.165, 1.54) is 18.1 Å². The second-order valence-corrected chi connectivity index (χ2v) is 5.55. The molecule has 1 fully saturated rings. The van der Waals surface area contributed by atoms with Crippen molar-refractivity contribution in [2.75, 3.05) is 20.3 Å². The van der Waals surface area contributed by atoms with Crippen LogP contribution < -0.4 is 0 Å². The van der Waals surface area contributed by atoms with Crippen molar-refractivity contribution in [2.24, 2.45) is 0 Å². The second-order valence-electron chi connectivity index (χ2n) is 5.11. The summed E-state index contributed by atoms with van der Waals surface area (Å²) >= 11 is 5.69. The largest absolute Gasteiger partial charge is 0.416 e. The Morgan fingerprint density at radius 1 is 1.45 bits per heavy atom. The Hall–Kier alpha value is -1.31. The van der Waals surface area contributed by atoms with Crippen LogP contribution in [0.5, 0.6) is 0 Å². The van der Waals surface area contributed by atoms with Gasteiger partial charge >= 0.3 is 6.18 Å². The molecule has 122 valence electrons. The van der Waals surface area contributed by atoms with Crippen LogP contribution in [-0.4, -0.2) is 48.3 Å². The van der Waals surface area contributed by atoms with Gasteiger partial charge in [0.05, 0.1) is 24.3 Å². The van der Waals surface area contributed by atoms with Crippen LogP contribution in [0.15, 0.2) is 18.2 Å². The van der Waals surface area contributed by atoms with Gasteiger partial charge in [0, 0.05) is 24.2 Å². The number of nitrogens with zero attached hydrogens (tertiary/aromatic N) is 1. The summed E-state index contributed by atoms with van der Waals surface area (Å²) in [7, 11) is 1.48. The lowest BCUT2D eigenvalue weighted by Gasteiger charge is -2.23.